The van der Waals surface area contributed by atoms with Crippen LogP contribution in [0.4, 0.5) is 0 Å². The van der Waals surface area contributed by atoms with Crippen LogP contribution in [0.3, 0.4) is 0 Å². The maximum Gasteiger partial charge on any atom is 0.238 e. The quantitative estimate of drug-likeness (QED) is 0.632. The van der Waals surface area contributed by atoms with Crippen molar-refractivity contribution in [1.82, 2.24) is 10.3 Å². The molecule has 0 saturated carbocycles. The number of nitrogens with zero attached hydrogens (tertiary/aromatic N) is 1. The first kappa shape index (κ1) is 19.5. The molecule has 0 bridgehead atoms. The van der Waals surface area contributed by atoms with Gasteiger partial charge in [-0.05, 0) is 49.6 Å². The predicted molar refractivity (Wildman–Crippen MR) is 107 cm³/mol. The van der Waals surface area contributed by atoms with Crippen LogP contribution < -0.4 is 10.5 Å². The smallest absolute Gasteiger partial charge is 0.238 e. The molecule has 142 valence electrons. The molecule has 2 aromatic carbocycles. The van der Waals surface area contributed by atoms with Gasteiger partial charge in [0, 0.05) is 6.42 Å². The second-order valence-electron chi connectivity index (χ2n) is 6.34. The van der Waals surface area contributed by atoms with E-state index in [1.807, 2.05) is 31.2 Å². The number of thiazole rings is 1. The normalized spacial score (nSPS) is 12.8. The first-order chi connectivity index (χ1) is 12.8. The lowest BCUT2D eigenvalue weighted by atomic mass is 10.1. The van der Waals surface area contributed by atoms with Crippen LogP contribution in [0.15, 0.2) is 53.4 Å². The van der Waals surface area contributed by atoms with Gasteiger partial charge in [-0.15, -0.1) is 11.3 Å². The molecule has 1 aromatic heterocycles. The summed E-state index contributed by atoms with van der Waals surface area (Å²) in [5.41, 5.74) is 1.69. The predicted octanol–water partition coefficient (Wildman–Crippen LogP) is 3.14. The molecule has 0 saturated heterocycles. The van der Waals surface area contributed by atoms with Gasteiger partial charge in [-0.2, -0.15) is 0 Å². The van der Waals surface area contributed by atoms with Gasteiger partial charge in [-0.3, -0.25) is 4.79 Å². The lowest BCUT2D eigenvalue weighted by Crippen LogP contribution is -2.26. The fraction of sp³-hybridized carbons (Fsp3) is 0.263. The Morgan fingerprint density at radius 1 is 1.22 bits per heavy atom. The highest BCUT2D eigenvalue weighted by Gasteiger charge is 2.13. The molecule has 1 unspecified atom stereocenters. The molecule has 1 atom stereocenters. The molecule has 0 fully saturated rings. The number of aryl methyl sites for hydroxylation is 1. The molecule has 1 heterocycles. The average molecular weight is 404 g/mol. The Labute approximate surface area is 162 Å². The summed E-state index contributed by atoms with van der Waals surface area (Å²) in [6, 6.07) is 14.0. The number of aromatic nitrogens is 1. The fourth-order valence-electron chi connectivity index (χ4n) is 2.78. The van der Waals surface area contributed by atoms with Crippen molar-refractivity contribution in [1.29, 1.82) is 0 Å². The number of amides is 1. The molecule has 8 heteroatoms. The van der Waals surface area contributed by atoms with E-state index in [0.29, 0.717) is 18.4 Å². The highest BCUT2D eigenvalue weighted by atomic mass is 32.2. The van der Waals surface area contributed by atoms with E-state index >= 15 is 0 Å². The third-order valence-electron chi connectivity index (χ3n) is 4.20. The number of primary sulfonamides is 1. The van der Waals surface area contributed by atoms with E-state index in [1.54, 1.807) is 23.5 Å². The van der Waals surface area contributed by atoms with Crippen molar-refractivity contribution >= 4 is 37.5 Å². The van der Waals surface area contributed by atoms with E-state index < -0.39 is 10.0 Å². The van der Waals surface area contributed by atoms with Crippen LogP contribution in [0.1, 0.15) is 36.4 Å². The number of fused-ring (bicyclic) bond motifs is 1. The van der Waals surface area contributed by atoms with Crippen molar-refractivity contribution in [2.24, 2.45) is 5.14 Å². The van der Waals surface area contributed by atoms with E-state index in [1.165, 1.54) is 12.1 Å². The molecule has 3 rings (SSSR count). The zero-order valence-electron chi connectivity index (χ0n) is 14.9. The van der Waals surface area contributed by atoms with Crippen LogP contribution in [0.2, 0.25) is 0 Å². The molecule has 6 nitrogen and oxygen atoms in total. The molecular formula is C19H21N3O3S2. The number of sulfonamides is 1. The van der Waals surface area contributed by atoms with E-state index in [-0.39, 0.29) is 16.8 Å². The average Bonchev–Trinajstić information content (AvgIpc) is 3.03. The second-order valence-corrected chi connectivity index (χ2v) is 9.01. The first-order valence-corrected chi connectivity index (χ1v) is 11.0. The minimum atomic E-state index is -3.76. The SMILES string of the molecule is CC(NC(=O)CCCc1nc2ccccc2s1)c1cccc(S(N)(=O)=O)c1. The maximum absolute atomic E-state index is 12.2. The molecule has 1 amide bonds. The maximum atomic E-state index is 12.2. The summed E-state index contributed by atoms with van der Waals surface area (Å²) in [6.07, 6.45) is 1.84. The standard InChI is InChI=1S/C19H21N3O3S2/c1-13(14-6-4-7-15(12-14)27(20,24)25)21-18(23)10-5-11-19-22-16-8-2-3-9-17(16)26-19/h2-4,6-9,12-13H,5,10-11H2,1H3,(H,21,23)(H2,20,24,25). The summed E-state index contributed by atoms with van der Waals surface area (Å²) in [5.74, 6) is -0.0791. The van der Waals surface area contributed by atoms with Crippen molar-refractivity contribution < 1.29 is 13.2 Å². The van der Waals surface area contributed by atoms with Gasteiger partial charge in [0.05, 0.1) is 26.2 Å². The van der Waals surface area contributed by atoms with Gasteiger partial charge in [-0.1, -0.05) is 24.3 Å². The number of nitrogens with one attached hydrogen (secondary N) is 1. The number of benzene rings is 2. The van der Waals surface area contributed by atoms with E-state index in [0.717, 1.165) is 21.6 Å². The van der Waals surface area contributed by atoms with Crippen molar-refractivity contribution in [3.8, 4) is 0 Å². The Morgan fingerprint density at radius 2 is 2.00 bits per heavy atom. The Balaban J connectivity index is 1.53. The molecule has 0 radical (unpaired) electrons. The van der Waals surface area contributed by atoms with Crippen LogP contribution in [-0.2, 0) is 21.2 Å². The number of para-hydroxylation sites is 1. The van der Waals surface area contributed by atoms with E-state index in [2.05, 4.69) is 10.3 Å². The Hall–Kier alpha value is -2.29. The molecule has 27 heavy (non-hydrogen) atoms. The van der Waals surface area contributed by atoms with E-state index in [4.69, 9.17) is 5.14 Å². The van der Waals surface area contributed by atoms with Gasteiger partial charge < -0.3 is 5.32 Å². The summed E-state index contributed by atoms with van der Waals surface area (Å²) >= 11 is 1.65. The van der Waals surface area contributed by atoms with Crippen molar-refractivity contribution in [3.05, 3.63) is 59.1 Å². The van der Waals surface area contributed by atoms with Crippen molar-refractivity contribution in [2.45, 2.75) is 37.1 Å². The molecule has 3 aromatic rings. The van der Waals surface area contributed by atoms with Crippen molar-refractivity contribution in [3.63, 3.8) is 0 Å². The van der Waals surface area contributed by atoms with Crippen LogP contribution >= 0.6 is 11.3 Å². The van der Waals surface area contributed by atoms with Crippen LogP contribution in [0.25, 0.3) is 10.2 Å². The largest absolute Gasteiger partial charge is 0.350 e. The Kier molecular flexibility index (Phi) is 5.88. The minimum Gasteiger partial charge on any atom is -0.350 e. The lowest BCUT2D eigenvalue weighted by Gasteiger charge is -2.15. The van der Waals surface area contributed by atoms with Gasteiger partial charge in [0.15, 0.2) is 0 Å². The van der Waals surface area contributed by atoms with Gasteiger partial charge >= 0.3 is 0 Å². The monoisotopic (exact) mass is 403 g/mol. The third-order valence-corrected chi connectivity index (χ3v) is 6.20. The zero-order valence-corrected chi connectivity index (χ0v) is 16.5. The topological polar surface area (TPSA) is 102 Å². The van der Waals surface area contributed by atoms with Gasteiger partial charge in [0.25, 0.3) is 0 Å². The van der Waals surface area contributed by atoms with Gasteiger partial charge in [0.2, 0.25) is 15.9 Å². The fourth-order valence-corrected chi connectivity index (χ4v) is 4.36. The van der Waals surface area contributed by atoms with Crippen LogP contribution in [-0.4, -0.2) is 19.3 Å². The van der Waals surface area contributed by atoms with Crippen LogP contribution in [0.5, 0.6) is 0 Å². The first-order valence-electron chi connectivity index (χ1n) is 8.59. The van der Waals surface area contributed by atoms with Crippen molar-refractivity contribution in [2.75, 3.05) is 0 Å². The summed E-state index contributed by atoms with van der Waals surface area (Å²) in [7, 11) is -3.76. The Morgan fingerprint density at radius 3 is 2.74 bits per heavy atom. The minimum absolute atomic E-state index is 0.0388. The number of nitrogens with two attached hydrogens (primary N) is 1. The number of rotatable bonds is 7. The summed E-state index contributed by atoms with van der Waals surface area (Å²) in [5, 5.41) is 9.08. The molecule has 0 aliphatic rings. The summed E-state index contributed by atoms with van der Waals surface area (Å²) in [4.78, 5) is 16.8. The number of hydrogen-bond acceptors (Lipinski definition) is 5. The highest BCUT2D eigenvalue weighted by Crippen LogP contribution is 2.23. The third kappa shape index (κ3) is 5.12. The molecule has 3 N–H and O–H groups in total. The van der Waals surface area contributed by atoms with Crippen LogP contribution in [0, 0.1) is 0 Å². The highest BCUT2D eigenvalue weighted by molar-refractivity contribution is 7.89. The summed E-state index contributed by atoms with van der Waals surface area (Å²) in [6.45, 7) is 1.81. The second kappa shape index (κ2) is 8.16. The molecule has 0 spiro atoms. The Bertz CT molecular complexity index is 1030. The number of hydrogen-bond donors (Lipinski definition) is 2. The van der Waals surface area contributed by atoms with E-state index in [9.17, 15) is 13.2 Å². The lowest BCUT2D eigenvalue weighted by molar-refractivity contribution is -0.121. The summed E-state index contributed by atoms with van der Waals surface area (Å²) < 4.78 is 24.1. The molecule has 0 aliphatic carbocycles. The number of carbonyl (C=O) groups excluding carboxylic acids is 1. The van der Waals surface area contributed by atoms with Gasteiger partial charge in [0.1, 0.15) is 0 Å². The van der Waals surface area contributed by atoms with Gasteiger partial charge in [-0.25, -0.2) is 18.5 Å². The molecular weight excluding hydrogens is 382 g/mol. The zero-order chi connectivity index (χ0) is 19.4. The molecule has 0 aliphatic heterocycles. The number of carbonyl (C=O) groups is 1.